The molecule has 0 saturated carbocycles. The maximum atomic E-state index is 11.3. The number of hydrogen-bond donors (Lipinski definition) is 0. The van der Waals surface area contributed by atoms with Crippen LogP contribution in [-0.4, -0.2) is 18.4 Å². The van der Waals surface area contributed by atoms with E-state index in [0.717, 1.165) is 19.3 Å². The maximum Gasteiger partial charge on any atom is 0.313 e. The highest BCUT2D eigenvalue weighted by molar-refractivity contribution is 5.95. The summed E-state index contributed by atoms with van der Waals surface area (Å²) in [5.74, 6) is 0.286. The van der Waals surface area contributed by atoms with Gasteiger partial charge in [-0.25, -0.2) is 0 Å². The van der Waals surface area contributed by atoms with Crippen LogP contribution in [0.1, 0.15) is 52.9 Å². The molecule has 0 aliphatic carbocycles. The molecule has 0 aromatic heterocycles. The lowest BCUT2D eigenvalue weighted by Gasteiger charge is -2.04. The first kappa shape index (κ1) is 14.1. The van der Waals surface area contributed by atoms with E-state index in [1.807, 2.05) is 0 Å². The average molecular weight is 214 g/mol. The summed E-state index contributed by atoms with van der Waals surface area (Å²) in [7, 11) is 0. The Kier molecular flexibility index (Phi) is 7.96. The highest BCUT2D eigenvalue weighted by atomic mass is 16.5. The highest BCUT2D eigenvalue weighted by Gasteiger charge is 2.09. The van der Waals surface area contributed by atoms with Gasteiger partial charge in [-0.05, 0) is 19.3 Å². The van der Waals surface area contributed by atoms with E-state index in [-0.39, 0.29) is 12.2 Å². The van der Waals surface area contributed by atoms with E-state index < -0.39 is 5.97 Å². The molecule has 0 unspecified atom stereocenters. The van der Waals surface area contributed by atoms with Crippen molar-refractivity contribution in [3.05, 3.63) is 0 Å². The standard InChI is InChI=1S/C12H22O3/c1-4-15-12(14)9-11(13)8-6-5-7-10(2)3/h10H,4-9H2,1-3H3. The number of ether oxygens (including phenoxy) is 1. The van der Waals surface area contributed by atoms with Crippen molar-refractivity contribution in [3.63, 3.8) is 0 Å². The smallest absolute Gasteiger partial charge is 0.313 e. The number of Topliss-reactive ketones (excluding diaryl/α,β-unsaturated/α-hetero) is 1. The highest BCUT2D eigenvalue weighted by Crippen LogP contribution is 2.09. The van der Waals surface area contributed by atoms with Crippen molar-refractivity contribution in [2.24, 2.45) is 5.92 Å². The molecule has 0 fully saturated rings. The summed E-state index contributed by atoms with van der Waals surface area (Å²) in [5, 5.41) is 0. The molecule has 0 saturated heterocycles. The Labute approximate surface area is 92.2 Å². The van der Waals surface area contributed by atoms with Gasteiger partial charge in [0, 0.05) is 6.42 Å². The van der Waals surface area contributed by atoms with Crippen LogP contribution in [0.3, 0.4) is 0 Å². The predicted octanol–water partition coefficient (Wildman–Crippen LogP) is 2.73. The van der Waals surface area contributed by atoms with Gasteiger partial charge in [0.25, 0.3) is 0 Å². The molecule has 3 heteroatoms. The second-order valence-electron chi connectivity index (χ2n) is 4.16. The van der Waals surface area contributed by atoms with Gasteiger partial charge in [0.2, 0.25) is 0 Å². The number of carbonyl (C=O) groups excluding carboxylic acids is 2. The van der Waals surface area contributed by atoms with Gasteiger partial charge in [-0.1, -0.05) is 26.7 Å². The summed E-state index contributed by atoms with van der Waals surface area (Å²) in [4.78, 5) is 22.2. The van der Waals surface area contributed by atoms with Crippen LogP contribution in [0, 0.1) is 5.92 Å². The molecule has 0 spiro atoms. The number of carbonyl (C=O) groups is 2. The number of rotatable bonds is 8. The molecule has 0 aromatic carbocycles. The van der Waals surface area contributed by atoms with Gasteiger partial charge in [0.05, 0.1) is 6.61 Å². The number of ketones is 1. The topological polar surface area (TPSA) is 43.4 Å². The summed E-state index contributed by atoms with van der Waals surface area (Å²) in [5.41, 5.74) is 0. The molecular formula is C12H22O3. The minimum absolute atomic E-state index is 0.00259. The first-order chi connectivity index (χ1) is 7.06. The Bertz CT molecular complexity index is 197. The molecule has 0 aliphatic heterocycles. The van der Waals surface area contributed by atoms with Crippen LogP contribution in [0.5, 0.6) is 0 Å². The summed E-state index contributed by atoms with van der Waals surface area (Å²) in [6.07, 6.45) is 3.54. The van der Waals surface area contributed by atoms with Crippen molar-refractivity contribution in [1.29, 1.82) is 0 Å². The van der Waals surface area contributed by atoms with E-state index in [0.29, 0.717) is 18.9 Å². The maximum absolute atomic E-state index is 11.3. The second-order valence-corrected chi connectivity index (χ2v) is 4.16. The van der Waals surface area contributed by atoms with E-state index in [4.69, 9.17) is 4.74 Å². The number of hydrogen-bond acceptors (Lipinski definition) is 3. The Morgan fingerprint density at radius 1 is 1.20 bits per heavy atom. The summed E-state index contributed by atoms with van der Waals surface area (Å²) in [6, 6.07) is 0. The zero-order valence-electron chi connectivity index (χ0n) is 10.0. The Morgan fingerprint density at radius 2 is 1.87 bits per heavy atom. The van der Waals surface area contributed by atoms with Gasteiger partial charge >= 0.3 is 5.97 Å². The third-order valence-corrected chi connectivity index (χ3v) is 2.13. The van der Waals surface area contributed by atoms with Crippen molar-refractivity contribution in [3.8, 4) is 0 Å². The first-order valence-corrected chi connectivity index (χ1v) is 5.73. The fraction of sp³-hybridized carbons (Fsp3) is 0.833. The normalized spacial score (nSPS) is 10.4. The van der Waals surface area contributed by atoms with Gasteiger partial charge in [0.1, 0.15) is 12.2 Å². The SMILES string of the molecule is CCOC(=O)CC(=O)CCCCC(C)C. The molecule has 0 heterocycles. The van der Waals surface area contributed by atoms with Crippen molar-refractivity contribution in [1.82, 2.24) is 0 Å². The van der Waals surface area contributed by atoms with E-state index in [1.165, 1.54) is 0 Å². The summed E-state index contributed by atoms with van der Waals surface area (Å²) in [6.45, 7) is 6.42. The second kappa shape index (κ2) is 8.45. The molecule has 0 aromatic rings. The molecule has 88 valence electrons. The Morgan fingerprint density at radius 3 is 2.40 bits per heavy atom. The van der Waals surface area contributed by atoms with E-state index in [9.17, 15) is 9.59 Å². The van der Waals surface area contributed by atoms with Crippen LogP contribution in [-0.2, 0) is 14.3 Å². The molecule has 0 N–H and O–H groups in total. The van der Waals surface area contributed by atoms with Crippen LogP contribution in [0.25, 0.3) is 0 Å². The largest absolute Gasteiger partial charge is 0.466 e. The van der Waals surface area contributed by atoms with Gasteiger partial charge in [-0.15, -0.1) is 0 Å². The molecule has 0 atom stereocenters. The lowest BCUT2D eigenvalue weighted by atomic mass is 10.0. The van der Waals surface area contributed by atoms with Crippen LogP contribution in [0.4, 0.5) is 0 Å². The zero-order chi connectivity index (χ0) is 11.7. The number of esters is 1. The van der Waals surface area contributed by atoms with E-state index in [1.54, 1.807) is 6.92 Å². The molecule has 0 bridgehead atoms. The average Bonchev–Trinajstić information content (AvgIpc) is 2.12. The molecule has 0 aliphatic rings. The quantitative estimate of drug-likeness (QED) is 0.354. The first-order valence-electron chi connectivity index (χ1n) is 5.73. The van der Waals surface area contributed by atoms with Crippen molar-refractivity contribution in [2.75, 3.05) is 6.61 Å². The molecule has 3 nitrogen and oxygen atoms in total. The minimum Gasteiger partial charge on any atom is -0.466 e. The summed E-state index contributed by atoms with van der Waals surface area (Å²) < 4.78 is 4.70. The fourth-order valence-electron chi connectivity index (χ4n) is 1.34. The van der Waals surface area contributed by atoms with Crippen LogP contribution < -0.4 is 0 Å². The van der Waals surface area contributed by atoms with Crippen molar-refractivity contribution in [2.45, 2.75) is 52.9 Å². The lowest BCUT2D eigenvalue weighted by molar-refractivity contribution is -0.145. The molecule has 0 radical (unpaired) electrons. The van der Waals surface area contributed by atoms with Gasteiger partial charge in [-0.3, -0.25) is 9.59 Å². The van der Waals surface area contributed by atoms with Crippen LogP contribution >= 0.6 is 0 Å². The monoisotopic (exact) mass is 214 g/mol. The molecule has 0 rings (SSSR count). The van der Waals surface area contributed by atoms with Crippen LogP contribution in [0.2, 0.25) is 0 Å². The lowest BCUT2D eigenvalue weighted by Crippen LogP contribution is -2.10. The van der Waals surface area contributed by atoms with E-state index >= 15 is 0 Å². The molecule has 0 amide bonds. The predicted molar refractivity (Wildman–Crippen MR) is 59.6 cm³/mol. The number of unbranched alkanes of at least 4 members (excludes halogenated alkanes) is 1. The van der Waals surface area contributed by atoms with Crippen molar-refractivity contribution >= 4 is 11.8 Å². The van der Waals surface area contributed by atoms with E-state index in [2.05, 4.69) is 13.8 Å². The van der Waals surface area contributed by atoms with Gasteiger partial charge < -0.3 is 4.74 Å². The Hall–Kier alpha value is -0.860. The van der Waals surface area contributed by atoms with Crippen molar-refractivity contribution < 1.29 is 14.3 Å². The fourth-order valence-corrected chi connectivity index (χ4v) is 1.34. The third-order valence-electron chi connectivity index (χ3n) is 2.13. The minimum atomic E-state index is -0.397. The van der Waals surface area contributed by atoms with Gasteiger partial charge in [-0.2, -0.15) is 0 Å². The van der Waals surface area contributed by atoms with Gasteiger partial charge in [0.15, 0.2) is 0 Å². The summed E-state index contributed by atoms with van der Waals surface area (Å²) >= 11 is 0. The Balaban J connectivity index is 3.45. The third kappa shape index (κ3) is 9.44. The zero-order valence-corrected chi connectivity index (χ0v) is 10.0. The molecule has 15 heavy (non-hydrogen) atoms. The van der Waals surface area contributed by atoms with Crippen LogP contribution in [0.15, 0.2) is 0 Å². The molecular weight excluding hydrogens is 192 g/mol.